The molecular weight excluding hydrogens is 264 g/mol. The van der Waals surface area contributed by atoms with Crippen molar-refractivity contribution < 1.29 is 4.79 Å². The monoisotopic (exact) mass is 290 g/mol. The predicted molar refractivity (Wildman–Crippen MR) is 85.0 cm³/mol. The highest BCUT2D eigenvalue weighted by Gasteiger charge is 2.20. The van der Waals surface area contributed by atoms with Gasteiger partial charge in [-0.1, -0.05) is 30.3 Å². The van der Waals surface area contributed by atoms with Crippen LogP contribution in [0.25, 0.3) is 0 Å². The molecule has 0 bridgehead atoms. The Labute approximate surface area is 127 Å². The summed E-state index contributed by atoms with van der Waals surface area (Å²) in [6.07, 6.45) is 2.23. The molecule has 1 aromatic rings. The fraction of sp³-hybridized carbons (Fsp3) is 0.562. The smallest absolute Gasteiger partial charge is 0.317 e. The number of unbranched alkanes of at least 4 members (excludes halogenated alkanes) is 1. The maximum atomic E-state index is 12.1. The summed E-state index contributed by atoms with van der Waals surface area (Å²) in [6.45, 7) is 5.99. The molecule has 2 amide bonds. The average molecular weight is 290 g/mol. The van der Waals surface area contributed by atoms with E-state index in [-0.39, 0.29) is 6.03 Å². The summed E-state index contributed by atoms with van der Waals surface area (Å²) >= 11 is 0. The van der Waals surface area contributed by atoms with Crippen LogP contribution in [0.2, 0.25) is 0 Å². The van der Waals surface area contributed by atoms with Crippen LogP contribution in [-0.4, -0.2) is 55.1 Å². The van der Waals surface area contributed by atoms with E-state index in [2.05, 4.69) is 10.2 Å². The number of carbonyl (C=O) groups excluding carboxylic acids is 1. The number of piperazine rings is 1. The van der Waals surface area contributed by atoms with E-state index in [1.807, 2.05) is 35.2 Å². The van der Waals surface area contributed by atoms with Gasteiger partial charge in [-0.15, -0.1) is 0 Å². The lowest BCUT2D eigenvalue weighted by Gasteiger charge is -2.34. The Morgan fingerprint density at radius 2 is 1.81 bits per heavy atom. The van der Waals surface area contributed by atoms with Crippen molar-refractivity contribution in [2.24, 2.45) is 5.73 Å². The molecule has 1 aromatic carbocycles. The Hall–Kier alpha value is -1.59. The molecule has 0 aromatic heterocycles. The van der Waals surface area contributed by atoms with Gasteiger partial charge in [0.2, 0.25) is 0 Å². The van der Waals surface area contributed by atoms with Crippen LogP contribution >= 0.6 is 0 Å². The van der Waals surface area contributed by atoms with Gasteiger partial charge in [0.05, 0.1) is 0 Å². The minimum Gasteiger partial charge on any atom is -0.334 e. The quantitative estimate of drug-likeness (QED) is 0.775. The van der Waals surface area contributed by atoms with Gasteiger partial charge < -0.3 is 16.0 Å². The average Bonchev–Trinajstić information content (AvgIpc) is 2.54. The summed E-state index contributed by atoms with van der Waals surface area (Å²) in [7, 11) is 0. The molecule has 1 heterocycles. The van der Waals surface area contributed by atoms with Gasteiger partial charge >= 0.3 is 6.03 Å². The Morgan fingerprint density at radius 1 is 1.10 bits per heavy atom. The van der Waals surface area contributed by atoms with Crippen LogP contribution in [0.5, 0.6) is 0 Å². The summed E-state index contributed by atoms with van der Waals surface area (Å²) in [6, 6.07) is 10.0. The molecule has 3 N–H and O–H groups in total. The molecule has 116 valence electrons. The first-order valence-electron chi connectivity index (χ1n) is 7.78. The van der Waals surface area contributed by atoms with Gasteiger partial charge in [0, 0.05) is 32.7 Å². The van der Waals surface area contributed by atoms with Crippen molar-refractivity contribution in [2.75, 3.05) is 39.3 Å². The number of nitrogens with two attached hydrogens (primary N) is 1. The number of hydrogen-bond acceptors (Lipinski definition) is 3. The van der Waals surface area contributed by atoms with Gasteiger partial charge in [0.25, 0.3) is 0 Å². The zero-order chi connectivity index (χ0) is 14.9. The molecule has 5 nitrogen and oxygen atoms in total. The number of amides is 2. The molecule has 2 rings (SSSR count). The predicted octanol–water partition coefficient (Wildman–Crippen LogP) is 1.25. The number of rotatable bonds is 6. The lowest BCUT2D eigenvalue weighted by Crippen LogP contribution is -2.51. The van der Waals surface area contributed by atoms with Crippen LogP contribution in [0.15, 0.2) is 30.3 Å². The molecule has 0 unspecified atom stereocenters. The lowest BCUT2D eigenvalue weighted by atomic mass is 10.2. The topological polar surface area (TPSA) is 61.6 Å². The van der Waals surface area contributed by atoms with Crippen molar-refractivity contribution in [3.63, 3.8) is 0 Å². The van der Waals surface area contributed by atoms with Crippen LogP contribution in [-0.2, 0) is 6.54 Å². The standard InChI is InChI=1S/C16H26N4O/c17-8-4-5-9-19-10-12-20(13-11-19)16(21)18-14-15-6-2-1-3-7-15/h1-3,6-7H,4-5,8-14,17H2,(H,18,21). The Morgan fingerprint density at radius 3 is 2.48 bits per heavy atom. The summed E-state index contributed by atoms with van der Waals surface area (Å²) in [5, 5.41) is 2.99. The van der Waals surface area contributed by atoms with Gasteiger partial charge in [0.15, 0.2) is 0 Å². The van der Waals surface area contributed by atoms with Crippen molar-refractivity contribution in [1.29, 1.82) is 0 Å². The van der Waals surface area contributed by atoms with Crippen LogP contribution in [0.3, 0.4) is 0 Å². The van der Waals surface area contributed by atoms with Crippen molar-refractivity contribution in [1.82, 2.24) is 15.1 Å². The normalized spacial score (nSPS) is 16.0. The summed E-state index contributed by atoms with van der Waals surface area (Å²) in [4.78, 5) is 16.4. The lowest BCUT2D eigenvalue weighted by molar-refractivity contribution is 0.138. The molecule has 0 atom stereocenters. The fourth-order valence-electron chi connectivity index (χ4n) is 2.54. The molecule has 0 spiro atoms. The van der Waals surface area contributed by atoms with E-state index in [1.165, 1.54) is 0 Å². The zero-order valence-electron chi connectivity index (χ0n) is 12.6. The molecule has 1 fully saturated rings. The highest BCUT2D eigenvalue weighted by Crippen LogP contribution is 2.04. The van der Waals surface area contributed by atoms with Crippen LogP contribution in [0.4, 0.5) is 4.79 Å². The van der Waals surface area contributed by atoms with Gasteiger partial charge in [-0.3, -0.25) is 4.90 Å². The second-order valence-electron chi connectivity index (χ2n) is 5.47. The van der Waals surface area contributed by atoms with Gasteiger partial charge in [0.1, 0.15) is 0 Å². The van der Waals surface area contributed by atoms with E-state index < -0.39 is 0 Å². The molecule has 0 radical (unpaired) electrons. The molecule has 1 saturated heterocycles. The van der Waals surface area contributed by atoms with Gasteiger partial charge in [-0.25, -0.2) is 4.79 Å². The number of carbonyl (C=O) groups is 1. The largest absolute Gasteiger partial charge is 0.334 e. The maximum Gasteiger partial charge on any atom is 0.317 e. The SMILES string of the molecule is NCCCCN1CCN(C(=O)NCc2ccccc2)CC1. The van der Waals surface area contributed by atoms with Crippen molar-refractivity contribution in [3.05, 3.63) is 35.9 Å². The summed E-state index contributed by atoms with van der Waals surface area (Å²) in [5.74, 6) is 0. The van der Waals surface area contributed by atoms with E-state index in [0.717, 1.165) is 57.7 Å². The molecule has 21 heavy (non-hydrogen) atoms. The highest BCUT2D eigenvalue weighted by atomic mass is 16.2. The van der Waals surface area contributed by atoms with E-state index in [4.69, 9.17) is 5.73 Å². The first-order chi connectivity index (χ1) is 10.3. The summed E-state index contributed by atoms with van der Waals surface area (Å²) < 4.78 is 0. The maximum absolute atomic E-state index is 12.1. The van der Waals surface area contributed by atoms with E-state index in [0.29, 0.717) is 6.54 Å². The number of urea groups is 1. The summed E-state index contributed by atoms with van der Waals surface area (Å²) in [5.41, 5.74) is 6.64. The number of nitrogens with zero attached hydrogens (tertiary/aromatic N) is 2. The number of nitrogens with one attached hydrogen (secondary N) is 1. The first-order valence-corrected chi connectivity index (χ1v) is 7.78. The van der Waals surface area contributed by atoms with Gasteiger partial charge in [-0.2, -0.15) is 0 Å². The van der Waals surface area contributed by atoms with E-state index in [1.54, 1.807) is 0 Å². The Bertz CT molecular complexity index is 416. The highest BCUT2D eigenvalue weighted by molar-refractivity contribution is 5.74. The minimum absolute atomic E-state index is 0.0421. The molecule has 1 aliphatic rings. The Balaban J connectivity index is 1.66. The first kappa shape index (κ1) is 15.8. The molecule has 1 aliphatic heterocycles. The zero-order valence-corrected chi connectivity index (χ0v) is 12.6. The Kier molecular flexibility index (Phi) is 6.50. The number of benzene rings is 1. The molecule has 0 saturated carbocycles. The van der Waals surface area contributed by atoms with Crippen LogP contribution in [0, 0.1) is 0 Å². The van der Waals surface area contributed by atoms with E-state index in [9.17, 15) is 4.79 Å². The molecular formula is C16H26N4O. The van der Waals surface area contributed by atoms with Crippen molar-refractivity contribution in [2.45, 2.75) is 19.4 Å². The van der Waals surface area contributed by atoms with Crippen molar-refractivity contribution >= 4 is 6.03 Å². The molecule has 0 aliphatic carbocycles. The third-order valence-corrected chi connectivity index (χ3v) is 3.87. The van der Waals surface area contributed by atoms with Crippen molar-refractivity contribution in [3.8, 4) is 0 Å². The fourth-order valence-corrected chi connectivity index (χ4v) is 2.54. The molecule has 5 heteroatoms. The second kappa shape index (κ2) is 8.64. The minimum atomic E-state index is 0.0421. The van der Waals surface area contributed by atoms with Gasteiger partial charge in [-0.05, 0) is 31.5 Å². The second-order valence-corrected chi connectivity index (χ2v) is 5.47. The van der Waals surface area contributed by atoms with Crippen LogP contribution in [0.1, 0.15) is 18.4 Å². The third kappa shape index (κ3) is 5.36. The third-order valence-electron chi connectivity index (χ3n) is 3.87. The number of hydrogen-bond donors (Lipinski definition) is 2. The van der Waals surface area contributed by atoms with Crippen LogP contribution < -0.4 is 11.1 Å². The van der Waals surface area contributed by atoms with E-state index >= 15 is 0 Å².